The first-order valence-electron chi connectivity index (χ1n) is 8.20. The van der Waals surface area contributed by atoms with E-state index in [1.54, 1.807) is 0 Å². The van der Waals surface area contributed by atoms with Gasteiger partial charge in [-0.05, 0) is 44.0 Å². The van der Waals surface area contributed by atoms with E-state index in [1.807, 2.05) is 58.3 Å². The summed E-state index contributed by atoms with van der Waals surface area (Å²) in [5.41, 5.74) is 4.14. The third-order valence-corrected chi connectivity index (χ3v) is 5.98. The van der Waals surface area contributed by atoms with E-state index in [2.05, 4.69) is 24.0 Å². The lowest BCUT2D eigenvalue weighted by atomic mass is 9.98. The second kappa shape index (κ2) is 7.98. The largest absolute Gasteiger partial charge is 0.377 e. The van der Waals surface area contributed by atoms with Crippen LogP contribution in [0.4, 0.5) is 5.69 Å². The first-order chi connectivity index (χ1) is 11.4. The van der Waals surface area contributed by atoms with Crippen LogP contribution in [0.2, 0.25) is 0 Å². The van der Waals surface area contributed by atoms with Gasteiger partial charge in [0.05, 0.1) is 18.5 Å². The fraction of sp³-hybridized carbons (Fsp3) is 0.368. The molecule has 2 rings (SSSR count). The Morgan fingerprint density at radius 3 is 2.17 bits per heavy atom. The Balaban J connectivity index is 2.73. The van der Waals surface area contributed by atoms with E-state index >= 15 is 0 Å². The average Bonchev–Trinajstić information content (AvgIpc) is 2.55. The quantitative estimate of drug-likeness (QED) is 0.685. The molecule has 0 spiro atoms. The van der Waals surface area contributed by atoms with Gasteiger partial charge in [0.1, 0.15) is 0 Å². The lowest BCUT2D eigenvalue weighted by Crippen LogP contribution is -2.16. The summed E-state index contributed by atoms with van der Waals surface area (Å²) in [5, 5.41) is 0.617. The van der Waals surface area contributed by atoms with E-state index in [0.717, 1.165) is 22.4 Å². The van der Waals surface area contributed by atoms with Gasteiger partial charge >= 0.3 is 7.60 Å². The van der Waals surface area contributed by atoms with E-state index in [-0.39, 0.29) is 0 Å². The highest BCUT2D eigenvalue weighted by Gasteiger charge is 2.30. The van der Waals surface area contributed by atoms with Crippen molar-refractivity contribution in [1.82, 2.24) is 0 Å². The molecule has 0 aromatic heterocycles. The highest BCUT2D eigenvalue weighted by Crippen LogP contribution is 2.50. The third-order valence-electron chi connectivity index (χ3n) is 3.80. The fourth-order valence-electron chi connectivity index (χ4n) is 2.82. The Kier molecular flexibility index (Phi) is 6.22. The Labute approximate surface area is 144 Å². The highest BCUT2D eigenvalue weighted by molar-refractivity contribution is 7.62. The molecule has 0 unspecified atom stereocenters. The van der Waals surface area contributed by atoms with Gasteiger partial charge in [-0.3, -0.25) is 4.57 Å². The number of anilines is 1. The van der Waals surface area contributed by atoms with Crippen molar-refractivity contribution in [2.75, 3.05) is 32.2 Å². The molecule has 0 saturated heterocycles. The predicted octanol–water partition coefficient (Wildman–Crippen LogP) is 4.62. The number of hydrogen-bond donors (Lipinski definition) is 0. The van der Waals surface area contributed by atoms with Gasteiger partial charge < -0.3 is 13.9 Å². The van der Waals surface area contributed by atoms with E-state index in [1.165, 1.54) is 0 Å². The van der Waals surface area contributed by atoms with Crippen molar-refractivity contribution >= 4 is 18.6 Å². The van der Waals surface area contributed by atoms with Gasteiger partial charge in [0, 0.05) is 25.3 Å². The van der Waals surface area contributed by atoms with Crippen molar-refractivity contribution in [3.63, 3.8) is 0 Å². The molecule has 0 amide bonds. The average molecular weight is 347 g/mol. The SMILES string of the molecule is CCOP(=O)(OCC)c1ccccc1-c1c(C)cccc1N(C)C. The van der Waals surface area contributed by atoms with Gasteiger partial charge in [-0.15, -0.1) is 0 Å². The molecule has 5 heteroatoms. The molecular formula is C19H26NO3P. The van der Waals surface area contributed by atoms with Crippen molar-refractivity contribution in [3.05, 3.63) is 48.0 Å². The number of rotatable bonds is 7. The van der Waals surface area contributed by atoms with Crippen LogP contribution in [0, 0.1) is 6.92 Å². The minimum atomic E-state index is -3.36. The van der Waals surface area contributed by atoms with Gasteiger partial charge in [-0.1, -0.05) is 30.3 Å². The zero-order chi connectivity index (χ0) is 17.7. The number of hydrogen-bond acceptors (Lipinski definition) is 4. The minimum absolute atomic E-state index is 0.333. The van der Waals surface area contributed by atoms with Gasteiger partial charge in [-0.25, -0.2) is 0 Å². The Bertz CT molecular complexity index is 733. The smallest absolute Gasteiger partial charge is 0.361 e. The maximum absolute atomic E-state index is 13.3. The molecule has 130 valence electrons. The molecule has 24 heavy (non-hydrogen) atoms. The molecule has 0 saturated carbocycles. The van der Waals surface area contributed by atoms with Gasteiger partial charge in [0.25, 0.3) is 0 Å². The minimum Gasteiger partial charge on any atom is -0.377 e. The molecule has 2 aromatic carbocycles. The summed E-state index contributed by atoms with van der Waals surface area (Å²) >= 11 is 0. The van der Waals surface area contributed by atoms with Crippen LogP contribution in [0.5, 0.6) is 0 Å². The summed E-state index contributed by atoms with van der Waals surface area (Å²) < 4.78 is 24.5. The zero-order valence-corrected chi connectivity index (χ0v) is 16.0. The van der Waals surface area contributed by atoms with Gasteiger partial charge in [0.2, 0.25) is 0 Å². The first-order valence-corrected chi connectivity index (χ1v) is 9.74. The van der Waals surface area contributed by atoms with Crippen LogP contribution >= 0.6 is 7.60 Å². The Morgan fingerprint density at radius 2 is 1.58 bits per heavy atom. The Morgan fingerprint density at radius 1 is 0.958 bits per heavy atom. The summed E-state index contributed by atoms with van der Waals surface area (Å²) in [6.45, 7) is 6.38. The molecule has 4 nitrogen and oxygen atoms in total. The lowest BCUT2D eigenvalue weighted by Gasteiger charge is -2.24. The monoisotopic (exact) mass is 347 g/mol. The number of benzene rings is 2. The molecule has 2 aromatic rings. The van der Waals surface area contributed by atoms with Crippen molar-refractivity contribution in [2.45, 2.75) is 20.8 Å². The second-order valence-electron chi connectivity index (χ2n) is 5.71. The molecule has 0 bridgehead atoms. The summed E-state index contributed by atoms with van der Waals surface area (Å²) in [5.74, 6) is 0. The standard InChI is InChI=1S/C19H26NO3P/c1-6-22-24(21,23-7-2)18-14-9-8-12-16(18)19-15(3)11-10-13-17(19)20(4)5/h8-14H,6-7H2,1-5H3. The topological polar surface area (TPSA) is 38.8 Å². The van der Waals surface area contributed by atoms with Crippen LogP contribution in [-0.4, -0.2) is 27.3 Å². The van der Waals surface area contributed by atoms with Crippen molar-refractivity contribution < 1.29 is 13.6 Å². The molecule has 0 N–H and O–H groups in total. The fourth-order valence-corrected chi connectivity index (χ4v) is 4.60. The van der Waals surface area contributed by atoms with Crippen molar-refractivity contribution in [1.29, 1.82) is 0 Å². The van der Waals surface area contributed by atoms with E-state index in [0.29, 0.717) is 18.5 Å². The van der Waals surface area contributed by atoms with Crippen molar-refractivity contribution in [3.8, 4) is 11.1 Å². The van der Waals surface area contributed by atoms with Crippen LogP contribution < -0.4 is 10.2 Å². The molecule has 0 aliphatic heterocycles. The highest BCUT2D eigenvalue weighted by atomic mass is 31.2. The van der Waals surface area contributed by atoms with Crippen molar-refractivity contribution in [2.24, 2.45) is 0 Å². The molecule has 0 aliphatic carbocycles. The van der Waals surface area contributed by atoms with Gasteiger partial charge in [-0.2, -0.15) is 0 Å². The molecular weight excluding hydrogens is 321 g/mol. The number of aryl methyl sites for hydroxylation is 1. The Hall–Kier alpha value is -1.61. The molecule has 0 radical (unpaired) electrons. The van der Waals surface area contributed by atoms with Gasteiger partial charge in [0.15, 0.2) is 0 Å². The maximum atomic E-state index is 13.3. The molecule has 0 fully saturated rings. The third kappa shape index (κ3) is 3.72. The first kappa shape index (κ1) is 18.7. The van der Waals surface area contributed by atoms with Crippen LogP contribution in [0.1, 0.15) is 19.4 Å². The summed E-state index contributed by atoms with van der Waals surface area (Å²) in [4.78, 5) is 2.06. The zero-order valence-electron chi connectivity index (χ0n) is 15.1. The van der Waals surface area contributed by atoms with E-state index < -0.39 is 7.60 Å². The van der Waals surface area contributed by atoms with E-state index in [4.69, 9.17) is 9.05 Å². The normalized spacial score (nSPS) is 11.5. The second-order valence-corrected chi connectivity index (χ2v) is 7.71. The molecule has 0 atom stereocenters. The summed E-state index contributed by atoms with van der Waals surface area (Å²) in [6.07, 6.45) is 0. The summed E-state index contributed by atoms with van der Waals surface area (Å²) in [7, 11) is 0.648. The van der Waals surface area contributed by atoms with Crippen LogP contribution in [0.15, 0.2) is 42.5 Å². The van der Waals surface area contributed by atoms with E-state index in [9.17, 15) is 4.57 Å². The molecule has 0 heterocycles. The predicted molar refractivity (Wildman–Crippen MR) is 101 cm³/mol. The summed E-state index contributed by atoms with van der Waals surface area (Å²) in [6, 6.07) is 13.8. The lowest BCUT2D eigenvalue weighted by molar-refractivity contribution is 0.230. The number of nitrogens with zero attached hydrogens (tertiary/aromatic N) is 1. The van der Waals surface area contributed by atoms with Crippen LogP contribution in [0.25, 0.3) is 11.1 Å². The van der Waals surface area contributed by atoms with Crippen LogP contribution in [-0.2, 0) is 13.6 Å². The maximum Gasteiger partial charge on any atom is 0.361 e. The van der Waals surface area contributed by atoms with Crippen LogP contribution in [0.3, 0.4) is 0 Å². The molecule has 0 aliphatic rings.